The van der Waals surface area contributed by atoms with Crippen LogP contribution in [-0.2, 0) is 9.59 Å². The molecule has 0 atom stereocenters. The number of aliphatic carboxylic acids is 2. The zero-order valence-corrected chi connectivity index (χ0v) is 11.4. The molecule has 2 saturated carbocycles. The number of carboxylic acids is 2. The molecule has 112 valence electrons. The van der Waals surface area contributed by atoms with Crippen LogP contribution in [0.4, 0.5) is 0 Å². The molecule has 0 aliphatic heterocycles. The molecular formula is C15H26KNaO4. The molecule has 0 radical (unpaired) electrons. The predicted octanol–water partition coefficient (Wildman–Crippen LogP) is 2.01. The van der Waals surface area contributed by atoms with Crippen molar-refractivity contribution in [1.29, 1.82) is 0 Å². The van der Waals surface area contributed by atoms with E-state index in [1.807, 2.05) is 0 Å². The van der Waals surface area contributed by atoms with Crippen molar-refractivity contribution in [2.75, 3.05) is 0 Å². The minimum atomic E-state index is -1.53. The molecule has 0 aromatic heterocycles. The Balaban J connectivity index is 0.00000200. The first-order chi connectivity index (χ1) is 9.10. The summed E-state index contributed by atoms with van der Waals surface area (Å²) in [5.41, 5.74) is -1.53. The first kappa shape index (κ1) is 22.6. The van der Waals surface area contributed by atoms with E-state index in [9.17, 15) is 19.8 Å². The van der Waals surface area contributed by atoms with Gasteiger partial charge in [-0.05, 0) is 37.5 Å². The summed E-state index contributed by atoms with van der Waals surface area (Å²) in [6.07, 6.45) is 9.14. The standard InChI is InChI=1S/C15H24O4.K.Na.2H/c16-13(17)15(14(18)19,11-7-3-1-4-8-11)12-9-5-2-6-10-12;;;;/h11-12H,1-10H2,(H,16,17)(H,18,19);;;;. The van der Waals surface area contributed by atoms with Crippen molar-refractivity contribution >= 4 is 92.9 Å². The van der Waals surface area contributed by atoms with Crippen molar-refractivity contribution in [2.24, 2.45) is 17.3 Å². The molecule has 21 heavy (non-hydrogen) atoms. The van der Waals surface area contributed by atoms with Gasteiger partial charge in [0.2, 0.25) is 0 Å². The molecule has 0 bridgehead atoms. The fourth-order valence-electron chi connectivity index (χ4n) is 4.24. The molecule has 0 saturated heterocycles. The SMILES string of the molecule is O=C(O)C(C(=O)O)(C1CCCCC1)C1CCCCC1.[KH].[NaH]. The molecule has 0 aromatic rings. The van der Waals surface area contributed by atoms with E-state index >= 15 is 0 Å². The van der Waals surface area contributed by atoms with Crippen molar-refractivity contribution in [1.82, 2.24) is 0 Å². The molecule has 2 rings (SSSR count). The second-order valence-electron chi connectivity index (χ2n) is 6.15. The Morgan fingerprint density at radius 2 is 1.00 bits per heavy atom. The van der Waals surface area contributed by atoms with Gasteiger partial charge < -0.3 is 10.2 Å². The molecule has 2 aliphatic carbocycles. The van der Waals surface area contributed by atoms with E-state index in [2.05, 4.69) is 0 Å². The minimum absolute atomic E-state index is 0. The maximum atomic E-state index is 11.9. The van der Waals surface area contributed by atoms with Gasteiger partial charge in [-0.25, -0.2) is 0 Å². The molecular weight excluding hydrogens is 306 g/mol. The second kappa shape index (κ2) is 10.4. The molecule has 6 heteroatoms. The molecule has 0 unspecified atom stereocenters. The normalized spacial score (nSPS) is 21.0. The van der Waals surface area contributed by atoms with Crippen LogP contribution < -0.4 is 0 Å². The second-order valence-corrected chi connectivity index (χ2v) is 6.15. The molecule has 0 amide bonds. The van der Waals surface area contributed by atoms with Crippen molar-refractivity contribution in [3.63, 3.8) is 0 Å². The first-order valence-corrected chi connectivity index (χ1v) is 7.57. The Hall–Kier alpha value is 1.58. The van der Waals surface area contributed by atoms with E-state index in [0.29, 0.717) is 0 Å². The quantitative estimate of drug-likeness (QED) is 0.610. The number of carbonyl (C=O) groups is 2. The third-order valence-corrected chi connectivity index (χ3v) is 5.21. The Morgan fingerprint density at radius 1 is 0.714 bits per heavy atom. The van der Waals surface area contributed by atoms with Crippen LogP contribution in [0.3, 0.4) is 0 Å². The number of hydrogen-bond acceptors (Lipinski definition) is 2. The summed E-state index contributed by atoms with van der Waals surface area (Å²) < 4.78 is 0. The van der Waals surface area contributed by atoms with Crippen molar-refractivity contribution in [2.45, 2.75) is 64.2 Å². The summed E-state index contributed by atoms with van der Waals surface area (Å²) in [4.78, 5) is 23.8. The van der Waals surface area contributed by atoms with Gasteiger partial charge in [-0.3, -0.25) is 9.59 Å². The van der Waals surface area contributed by atoms with Crippen LogP contribution in [-0.4, -0.2) is 103 Å². The summed E-state index contributed by atoms with van der Waals surface area (Å²) in [5, 5.41) is 19.4. The van der Waals surface area contributed by atoms with Gasteiger partial charge in [0.25, 0.3) is 0 Å². The van der Waals surface area contributed by atoms with Crippen LogP contribution in [0.25, 0.3) is 0 Å². The van der Waals surface area contributed by atoms with Crippen LogP contribution >= 0.6 is 0 Å². The van der Waals surface area contributed by atoms with E-state index in [1.54, 1.807) is 0 Å². The molecule has 0 aromatic carbocycles. The van der Waals surface area contributed by atoms with Gasteiger partial charge in [-0.15, -0.1) is 0 Å². The van der Waals surface area contributed by atoms with Gasteiger partial charge >= 0.3 is 92.9 Å². The number of hydrogen-bond donors (Lipinski definition) is 2. The Kier molecular flexibility index (Phi) is 11.2. The molecule has 0 spiro atoms. The van der Waals surface area contributed by atoms with Crippen LogP contribution in [0.5, 0.6) is 0 Å². The van der Waals surface area contributed by atoms with Crippen molar-refractivity contribution in [3.8, 4) is 0 Å². The van der Waals surface area contributed by atoms with Crippen LogP contribution in [0.2, 0.25) is 0 Å². The molecule has 2 N–H and O–H groups in total. The van der Waals surface area contributed by atoms with Gasteiger partial charge in [-0.2, -0.15) is 0 Å². The van der Waals surface area contributed by atoms with Gasteiger partial charge in [0.1, 0.15) is 0 Å². The topological polar surface area (TPSA) is 74.6 Å². The van der Waals surface area contributed by atoms with Gasteiger partial charge in [0.15, 0.2) is 5.41 Å². The average molecular weight is 332 g/mol. The van der Waals surface area contributed by atoms with Gasteiger partial charge in [0.05, 0.1) is 0 Å². The summed E-state index contributed by atoms with van der Waals surface area (Å²) in [5.74, 6) is -2.56. The van der Waals surface area contributed by atoms with Crippen LogP contribution in [0, 0.1) is 17.3 Å². The predicted molar refractivity (Wildman–Crippen MR) is 85.2 cm³/mol. The zero-order valence-electron chi connectivity index (χ0n) is 11.4. The summed E-state index contributed by atoms with van der Waals surface area (Å²) in [6, 6.07) is 0. The van der Waals surface area contributed by atoms with Crippen molar-refractivity contribution < 1.29 is 19.8 Å². The summed E-state index contributed by atoms with van der Waals surface area (Å²) >= 11 is 0. The Morgan fingerprint density at radius 3 is 1.24 bits per heavy atom. The fraction of sp³-hybridized carbons (Fsp3) is 0.867. The van der Waals surface area contributed by atoms with Gasteiger partial charge in [0, 0.05) is 0 Å². The number of carboxylic acid groups (broad SMARTS) is 2. The van der Waals surface area contributed by atoms with E-state index in [4.69, 9.17) is 0 Å². The molecule has 4 nitrogen and oxygen atoms in total. The first-order valence-electron chi connectivity index (χ1n) is 7.57. The molecule has 0 heterocycles. The van der Waals surface area contributed by atoms with Gasteiger partial charge in [-0.1, -0.05) is 38.5 Å². The fourth-order valence-corrected chi connectivity index (χ4v) is 4.24. The Labute approximate surface area is 191 Å². The van der Waals surface area contributed by atoms with E-state index in [-0.39, 0.29) is 92.8 Å². The van der Waals surface area contributed by atoms with E-state index < -0.39 is 17.4 Å². The third kappa shape index (κ3) is 4.78. The average Bonchev–Trinajstić information content (AvgIpc) is 2.41. The molecule has 2 fully saturated rings. The van der Waals surface area contributed by atoms with Crippen molar-refractivity contribution in [3.05, 3.63) is 0 Å². The van der Waals surface area contributed by atoms with Crippen LogP contribution in [0.1, 0.15) is 64.2 Å². The van der Waals surface area contributed by atoms with E-state index in [1.165, 1.54) is 0 Å². The van der Waals surface area contributed by atoms with E-state index in [0.717, 1.165) is 64.2 Å². The molecule has 2 aliphatic rings. The third-order valence-electron chi connectivity index (χ3n) is 5.21. The summed E-state index contributed by atoms with van der Waals surface area (Å²) in [7, 11) is 0. The zero-order chi connectivity index (χ0) is 13.9. The maximum absolute atomic E-state index is 11.9. The van der Waals surface area contributed by atoms with Crippen LogP contribution in [0.15, 0.2) is 0 Å². The number of rotatable bonds is 4. The monoisotopic (exact) mass is 332 g/mol. The summed E-state index contributed by atoms with van der Waals surface area (Å²) in [6.45, 7) is 0. The Bertz CT molecular complexity index is 316.